The number of hydrogen-bond acceptors (Lipinski definition) is 3. The minimum atomic E-state index is -0.406. The van der Waals surface area contributed by atoms with Gasteiger partial charge in [-0.2, -0.15) is 0 Å². The molecule has 1 heterocycles. The third-order valence-electron chi connectivity index (χ3n) is 3.69. The maximum Gasteiger partial charge on any atom is 0.315 e. The summed E-state index contributed by atoms with van der Waals surface area (Å²) in [5.41, 5.74) is 0. The minimum Gasteiger partial charge on any atom is -0.388 e. The summed E-state index contributed by atoms with van der Waals surface area (Å²) < 4.78 is 0. The van der Waals surface area contributed by atoms with E-state index in [-0.39, 0.29) is 6.03 Å². The van der Waals surface area contributed by atoms with E-state index in [9.17, 15) is 9.90 Å². The number of hydrogen-bond donors (Lipinski definition) is 3. The van der Waals surface area contributed by atoms with Crippen LogP contribution in [-0.4, -0.2) is 23.7 Å². The fourth-order valence-corrected chi connectivity index (χ4v) is 3.49. The van der Waals surface area contributed by atoms with Crippen molar-refractivity contribution < 1.29 is 9.90 Å². The third kappa shape index (κ3) is 4.80. The van der Waals surface area contributed by atoms with E-state index in [1.54, 1.807) is 18.3 Å². The number of thiophene rings is 1. The van der Waals surface area contributed by atoms with Gasteiger partial charge in [0.2, 0.25) is 0 Å². The van der Waals surface area contributed by atoms with Crippen LogP contribution in [0.15, 0.2) is 12.1 Å². The summed E-state index contributed by atoms with van der Waals surface area (Å²) in [6.45, 7) is 2.41. The Hall–Kier alpha value is -1.07. The Kier molecular flexibility index (Phi) is 5.86. The van der Waals surface area contributed by atoms with Gasteiger partial charge in [-0.1, -0.05) is 19.3 Å². The summed E-state index contributed by atoms with van der Waals surface area (Å²) in [6.07, 6.45) is 6.37. The van der Waals surface area contributed by atoms with Gasteiger partial charge in [-0.05, 0) is 38.3 Å². The molecule has 5 heteroatoms. The number of carbonyl (C=O) groups is 1. The maximum absolute atomic E-state index is 11.8. The maximum atomic E-state index is 11.8. The van der Waals surface area contributed by atoms with Crippen LogP contribution in [0.4, 0.5) is 4.79 Å². The van der Waals surface area contributed by atoms with Crippen LogP contribution >= 0.6 is 11.3 Å². The lowest BCUT2D eigenvalue weighted by atomic mass is 9.96. The average Bonchev–Trinajstić information content (AvgIpc) is 2.89. The lowest BCUT2D eigenvalue weighted by molar-refractivity contribution is 0.203. The molecular formula is C15H24N2O2S. The van der Waals surface area contributed by atoms with Gasteiger partial charge in [-0.3, -0.25) is 0 Å². The second-order valence-electron chi connectivity index (χ2n) is 5.47. The molecule has 1 aromatic heterocycles. The zero-order valence-electron chi connectivity index (χ0n) is 12.0. The summed E-state index contributed by atoms with van der Waals surface area (Å²) >= 11 is 1.61. The van der Waals surface area contributed by atoms with Crippen LogP contribution in [0.25, 0.3) is 0 Å². The van der Waals surface area contributed by atoms with Gasteiger partial charge in [-0.25, -0.2) is 4.79 Å². The van der Waals surface area contributed by atoms with Gasteiger partial charge in [-0.15, -0.1) is 11.3 Å². The average molecular weight is 296 g/mol. The van der Waals surface area contributed by atoms with Gasteiger partial charge in [0, 0.05) is 22.3 Å². The number of aliphatic hydroxyl groups is 1. The van der Waals surface area contributed by atoms with Crippen molar-refractivity contribution in [3.05, 3.63) is 21.9 Å². The number of nitrogens with one attached hydrogen (secondary N) is 2. The molecule has 1 saturated carbocycles. The standard InChI is InChI=1S/C15H24N2O2S/c1-11(18)14-8-7-13(20-14)9-10-16-15(19)17-12-5-3-2-4-6-12/h7-8,11-12,18H,2-6,9-10H2,1H3,(H2,16,17,19)/t11-/m0/s1. The normalized spacial score (nSPS) is 17.7. The molecule has 1 fully saturated rings. The van der Waals surface area contributed by atoms with Gasteiger partial charge >= 0.3 is 6.03 Å². The predicted molar refractivity (Wildman–Crippen MR) is 82.1 cm³/mol. The molecule has 0 bridgehead atoms. The molecule has 0 aromatic carbocycles. The van der Waals surface area contributed by atoms with E-state index in [2.05, 4.69) is 10.6 Å². The molecule has 4 nitrogen and oxygen atoms in total. The number of rotatable bonds is 5. The van der Waals surface area contributed by atoms with Gasteiger partial charge in [0.25, 0.3) is 0 Å². The summed E-state index contributed by atoms with van der Waals surface area (Å²) in [5, 5.41) is 15.4. The van der Waals surface area contributed by atoms with Gasteiger partial charge in [0.15, 0.2) is 0 Å². The van der Waals surface area contributed by atoms with E-state index in [0.717, 1.165) is 24.1 Å². The number of carbonyl (C=O) groups excluding carboxylic acids is 1. The first-order valence-corrected chi connectivity index (χ1v) is 8.28. The second-order valence-corrected chi connectivity index (χ2v) is 6.67. The van der Waals surface area contributed by atoms with Crippen LogP contribution in [0.2, 0.25) is 0 Å². The van der Waals surface area contributed by atoms with E-state index in [1.807, 2.05) is 12.1 Å². The van der Waals surface area contributed by atoms with Crippen LogP contribution in [0.1, 0.15) is 54.9 Å². The van der Waals surface area contributed by atoms with Crippen molar-refractivity contribution in [1.82, 2.24) is 10.6 Å². The van der Waals surface area contributed by atoms with Crippen molar-refractivity contribution in [1.29, 1.82) is 0 Å². The Balaban J connectivity index is 1.65. The topological polar surface area (TPSA) is 61.4 Å². The molecule has 20 heavy (non-hydrogen) atoms. The Morgan fingerprint density at radius 3 is 2.80 bits per heavy atom. The highest BCUT2D eigenvalue weighted by Crippen LogP contribution is 2.23. The summed E-state index contributed by atoms with van der Waals surface area (Å²) in [4.78, 5) is 13.9. The summed E-state index contributed by atoms with van der Waals surface area (Å²) in [7, 11) is 0. The van der Waals surface area contributed by atoms with Crippen LogP contribution in [0.3, 0.4) is 0 Å². The number of aliphatic hydroxyl groups excluding tert-OH is 1. The lowest BCUT2D eigenvalue weighted by Crippen LogP contribution is -2.43. The first kappa shape index (κ1) is 15.3. The SMILES string of the molecule is C[C@H](O)c1ccc(CCNC(=O)NC2CCCCC2)s1. The van der Waals surface area contributed by atoms with E-state index in [1.165, 1.54) is 24.1 Å². The molecule has 0 unspecified atom stereocenters. The van der Waals surface area contributed by atoms with Crippen molar-refractivity contribution in [2.75, 3.05) is 6.54 Å². The first-order chi connectivity index (χ1) is 9.65. The molecule has 2 rings (SSSR count). The number of amides is 2. The molecule has 0 saturated heterocycles. The summed E-state index contributed by atoms with van der Waals surface area (Å²) in [5.74, 6) is 0. The molecular weight excluding hydrogens is 272 g/mol. The number of urea groups is 1. The van der Waals surface area contributed by atoms with Crippen molar-refractivity contribution in [2.45, 2.75) is 57.6 Å². The molecule has 3 N–H and O–H groups in total. The molecule has 2 amide bonds. The third-order valence-corrected chi connectivity index (χ3v) is 5.01. The van der Waals surface area contributed by atoms with Crippen LogP contribution < -0.4 is 10.6 Å². The lowest BCUT2D eigenvalue weighted by Gasteiger charge is -2.22. The van der Waals surface area contributed by atoms with Gasteiger partial charge < -0.3 is 15.7 Å². The summed E-state index contributed by atoms with van der Waals surface area (Å²) in [6, 6.07) is 4.27. The molecule has 1 aliphatic rings. The highest BCUT2D eigenvalue weighted by molar-refractivity contribution is 7.12. The molecule has 1 aromatic rings. The van der Waals surface area contributed by atoms with E-state index in [0.29, 0.717) is 12.6 Å². The molecule has 1 atom stereocenters. The molecule has 112 valence electrons. The largest absolute Gasteiger partial charge is 0.388 e. The van der Waals surface area contributed by atoms with Crippen molar-refractivity contribution in [3.8, 4) is 0 Å². The van der Waals surface area contributed by atoms with Crippen molar-refractivity contribution in [2.24, 2.45) is 0 Å². The van der Waals surface area contributed by atoms with E-state index in [4.69, 9.17) is 0 Å². The fourth-order valence-electron chi connectivity index (χ4n) is 2.54. The van der Waals surface area contributed by atoms with Crippen molar-refractivity contribution >= 4 is 17.4 Å². The highest BCUT2D eigenvalue weighted by Gasteiger charge is 2.15. The Labute approximate surface area is 124 Å². The zero-order chi connectivity index (χ0) is 14.4. The second kappa shape index (κ2) is 7.64. The van der Waals surface area contributed by atoms with E-state index >= 15 is 0 Å². The van der Waals surface area contributed by atoms with E-state index < -0.39 is 6.10 Å². The highest BCUT2D eigenvalue weighted by atomic mass is 32.1. The molecule has 0 spiro atoms. The van der Waals surface area contributed by atoms with Crippen molar-refractivity contribution in [3.63, 3.8) is 0 Å². The Morgan fingerprint density at radius 1 is 1.40 bits per heavy atom. The smallest absolute Gasteiger partial charge is 0.315 e. The van der Waals surface area contributed by atoms with Crippen LogP contribution in [-0.2, 0) is 6.42 Å². The fraction of sp³-hybridized carbons (Fsp3) is 0.667. The Bertz CT molecular complexity index is 425. The molecule has 0 aliphatic heterocycles. The molecule has 0 radical (unpaired) electrons. The monoisotopic (exact) mass is 296 g/mol. The van der Waals surface area contributed by atoms with Gasteiger partial charge in [0.1, 0.15) is 0 Å². The van der Waals surface area contributed by atoms with Crippen LogP contribution in [0, 0.1) is 0 Å². The van der Waals surface area contributed by atoms with Crippen LogP contribution in [0.5, 0.6) is 0 Å². The first-order valence-electron chi connectivity index (χ1n) is 7.46. The minimum absolute atomic E-state index is 0.0517. The predicted octanol–water partition coefficient (Wildman–Crippen LogP) is 2.98. The Morgan fingerprint density at radius 2 is 2.15 bits per heavy atom. The zero-order valence-corrected chi connectivity index (χ0v) is 12.8. The quantitative estimate of drug-likeness (QED) is 0.782. The molecule has 1 aliphatic carbocycles. The van der Waals surface area contributed by atoms with Gasteiger partial charge in [0.05, 0.1) is 6.10 Å².